The predicted molar refractivity (Wildman–Crippen MR) is 56.1 cm³/mol. The molecule has 0 aromatic heterocycles. The third kappa shape index (κ3) is 2.13. The zero-order valence-corrected chi connectivity index (χ0v) is 8.93. The molecule has 1 atom stereocenters. The molecule has 5 heteroatoms. The SMILES string of the molecule is COc1cc(C=O)cc(C(C)C(=O)O)c1O. The van der Waals surface area contributed by atoms with Gasteiger partial charge in [0, 0.05) is 11.1 Å². The van der Waals surface area contributed by atoms with Gasteiger partial charge >= 0.3 is 5.97 Å². The summed E-state index contributed by atoms with van der Waals surface area (Å²) in [6.45, 7) is 1.42. The van der Waals surface area contributed by atoms with Gasteiger partial charge in [-0.05, 0) is 19.1 Å². The van der Waals surface area contributed by atoms with Gasteiger partial charge in [0.2, 0.25) is 0 Å². The number of aldehydes is 1. The van der Waals surface area contributed by atoms with Crippen molar-refractivity contribution >= 4 is 12.3 Å². The van der Waals surface area contributed by atoms with Crippen molar-refractivity contribution in [3.63, 3.8) is 0 Å². The Morgan fingerprint density at radius 3 is 2.56 bits per heavy atom. The van der Waals surface area contributed by atoms with Crippen LogP contribution >= 0.6 is 0 Å². The van der Waals surface area contributed by atoms with E-state index >= 15 is 0 Å². The van der Waals surface area contributed by atoms with Crippen LogP contribution in [0.1, 0.15) is 28.8 Å². The zero-order chi connectivity index (χ0) is 12.3. The summed E-state index contributed by atoms with van der Waals surface area (Å²) in [7, 11) is 1.33. The van der Waals surface area contributed by atoms with Crippen molar-refractivity contribution in [2.45, 2.75) is 12.8 Å². The minimum Gasteiger partial charge on any atom is -0.504 e. The molecule has 16 heavy (non-hydrogen) atoms. The Hall–Kier alpha value is -2.04. The van der Waals surface area contributed by atoms with E-state index in [-0.39, 0.29) is 22.6 Å². The number of carboxylic acids is 1. The molecule has 0 saturated heterocycles. The molecule has 0 aliphatic heterocycles. The van der Waals surface area contributed by atoms with Crippen molar-refractivity contribution in [3.8, 4) is 11.5 Å². The number of hydrogen-bond donors (Lipinski definition) is 2. The molecule has 86 valence electrons. The number of phenols is 1. The molecule has 1 rings (SSSR count). The second-order valence-corrected chi connectivity index (χ2v) is 3.34. The highest BCUT2D eigenvalue weighted by Gasteiger charge is 2.21. The Labute approximate surface area is 92.3 Å². The van der Waals surface area contributed by atoms with Crippen molar-refractivity contribution in [2.24, 2.45) is 0 Å². The summed E-state index contributed by atoms with van der Waals surface area (Å²) in [6.07, 6.45) is 0.569. The highest BCUT2D eigenvalue weighted by atomic mass is 16.5. The van der Waals surface area contributed by atoms with Crippen molar-refractivity contribution < 1.29 is 24.5 Å². The summed E-state index contributed by atoms with van der Waals surface area (Å²) >= 11 is 0. The molecule has 0 amide bonds. The maximum absolute atomic E-state index is 10.8. The smallest absolute Gasteiger partial charge is 0.310 e. The van der Waals surface area contributed by atoms with Crippen molar-refractivity contribution in [1.82, 2.24) is 0 Å². The Morgan fingerprint density at radius 1 is 1.50 bits per heavy atom. The number of hydrogen-bond acceptors (Lipinski definition) is 4. The number of benzene rings is 1. The van der Waals surface area contributed by atoms with Gasteiger partial charge in [-0.15, -0.1) is 0 Å². The first kappa shape index (κ1) is 12.0. The summed E-state index contributed by atoms with van der Waals surface area (Å²) in [4.78, 5) is 21.5. The summed E-state index contributed by atoms with van der Waals surface area (Å²) in [5.41, 5.74) is 0.423. The topological polar surface area (TPSA) is 83.8 Å². The van der Waals surface area contributed by atoms with E-state index in [9.17, 15) is 14.7 Å². The molecule has 0 spiro atoms. The third-order valence-electron chi connectivity index (χ3n) is 2.32. The molecule has 0 saturated carbocycles. The number of rotatable bonds is 4. The fourth-order valence-corrected chi connectivity index (χ4v) is 1.34. The van der Waals surface area contributed by atoms with Crippen molar-refractivity contribution in [3.05, 3.63) is 23.3 Å². The van der Waals surface area contributed by atoms with E-state index in [1.54, 1.807) is 0 Å². The average molecular weight is 224 g/mol. The van der Waals surface area contributed by atoms with Crippen LogP contribution in [0.2, 0.25) is 0 Å². The van der Waals surface area contributed by atoms with E-state index in [1.807, 2.05) is 0 Å². The number of carboxylic acid groups (broad SMARTS) is 1. The van der Waals surface area contributed by atoms with E-state index < -0.39 is 11.9 Å². The zero-order valence-electron chi connectivity index (χ0n) is 8.93. The van der Waals surface area contributed by atoms with Crippen LogP contribution in [-0.2, 0) is 4.79 Å². The lowest BCUT2D eigenvalue weighted by molar-refractivity contribution is -0.138. The van der Waals surface area contributed by atoms with Crippen LogP contribution in [0.5, 0.6) is 11.5 Å². The average Bonchev–Trinajstić information content (AvgIpc) is 2.28. The number of carbonyl (C=O) groups is 2. The first-order valence-electron chi connectivity index (χ1n) is 4.60. The van der Waals surface area contributed by atoms with Gasteiger partial charge in [-0.2, -0.15) is 0 Å². The molecule has 0 aliphatic carbocycles. The number of aromatic hydroxyl groups is 1. The maximum Gasteiger partial charge on any atom is 0.310 e. The lowest BCUT2D eigenvalue weighted by atomic mass is 9.97. The van der Waals surface area contributed by atoms with Gasteiger partial charge < -0.3 is 14.9 Å². The number of phenolic OH excluding ortho intramolecular Hbond substituents is 1. The molecule has 0 fully saturated rings. The Balaban J connectivity index is 3.36. The Kier molecular flexibility index (Phi) is 3.50. The van der Waals surface area contributed by atoms with E-state index in [0.29, 0.717) is 6.29 Å². The molecule has 0 bridgehead atoms. The molecule has 0 aliphatic rings. The second-order valence-electron chi connectivity index (χ2n) is 3.34. The van der Waals surface area contributed by atoms with Gasteiger partial charge in [0.15, 0.2) is 11.5 Å². The first-order chi connectivity index (χ1) is 7.51. The number of ether oxygens (including phenoxy) is 1. The molecule has 1 aromatic rings. The van der Waals surface area contributed by atoms with Crippen LogP contribution in [-0.4, -0.2) is 29.6 Å². The molecule has 0 heterocycles. The Bertz CT molecular complexity index is 425. The highest BCUT2D eigenvalue weighted by molar-refractivity contribution is 5.81. The molecule has 0 radical (unpaired) electrons. The number of aliphatic carboxylic acids is 1. The van der Waals surface area contributed by atoms with Crippen LogP contribution in [0, 0.1) is 0 Å². The highest BCUT2D eigenvalue weighted by Crippen LogP contribution is 2.35. The standard InChI is InChI=1S/C11H12O5/c1-6(11(14)15)8-3-7(5-12)4-9(16-2)10(8)13/h3-6,13H,1-2H3,(H,14,15). The van der Waals surface area contributed by atoms with Gasteiger partial charge in [-0.25, -0.2) is 0 Å². The predicted octanol–water partition coefficient (Wildman–Crippen LogP) is 1.40. The number of carbonyl (C=O) groups excluding carboxylic acids is 1. The largest absolute Gasteiger partial charge is 0.504 e. The van der Waals surface area contributed by atoms with E-state index in [0.717, 1.165) is 0 Å². The molecular formula is C11H12O5. The molecular weight excluding hydrogens is 212 g/mol. The lowest BCUT2D eigenvalue weighted by Crippen LogP contribution is -2.08. The second kappa shape index (κ2) is 4.65. The minimum absolute atomic E-state index is 0.0905. The fourth-order valence-electron chi connectivity index (χ4n) is 1.34. The van der Waals surface area contributed by atoms with Gasteiger partial charge in [-0.1, -0.05) is 0 Å². The maximum atomic E-state index is 10.8. The molecule has 2 N–H and O–H groups in total. The van der Waals surface area contributed by atoms with E-state index in [2.05, 4.69) is 0 Å². The fraction of sp³-hybridized carbons (Fsp3) is 0.273. The van der Waals surface area contributed by atoms with Crippen LogP contribution in [0.15, 0.2) is 12.1 Å². The van der Waals surface area contributed by atoms with Gasteiger partial charge in [0.25, 0.3) is 0 Å². The van der Waals surface area contributed by atoms with Crippen molar-refractivity contribution in [2.75, 3.05) is 7.11 Å². The van der Waals surface area contributed by atoms with Crippen LogP contribution in [0.4, 0.5) is 0 Å². The van der Waals surface area contributed by atoms with Crippen LogP contribution < -0.4 is 4.74 Å². The van der Waals surface area contributed by atoms with Crippen molar-refractivity contribution in [1.29, 1.82) is 0 Å². The quantitative estimate of drug-likeness (QED) is 0.755. The van der Waals surface area contributed by atoms with Crippen LogP contribution in [0.3, 0.4) is 0 Å². The molecule has 5 nitrogen and oxygen atoms in total. The molecule has 1 unspecified atom stereocenters. The third-order valence-corrected chi connectivity index (χ3v) is 2.32. The van der Waals surface area contributed by atoms with Gasteiger partial charge in [0.1, 0.15) is 6.29 Å². The monoisotopic (exact) mass is 224 g/mol. The summed E-state index contributed by atoms with van der Waals surface area (Å²) < 4.78 is 4.86. The number of methoxy groups -OCH3 is 1. The molecule has 1 aromatic carbocycles. The lowest BCUT2D eigenvalue weighted by Gasteiger charge is -2.12. The van der Waals surface area contributed by atoms with E-state index in [1.165, 1.54) is 26.2 Å². The van der Waals surface area contributed by atoms with Gasteiger partial charge in [0.05, 0.1) is 13.0 Å². The summed E-state index contributed by atoms with van der Waals surface area (Å²) in [6, 6.07) is 2.68. The van der Waals surface area contributed by atoms with Gasteiger partial charge in [-0.3, -0.25) is 9.59 Å². The Morgan fingerprint density at radius 2 is 2.12 bits per heavy atom. The normalized spacial score (nSPS) is 11.9. The van der Waals surface area contributed by atoms with E-state index in [4.69, 9.17) is 9.84 Å². The van der Waals surface area contributed by atoms with Crippen LogP contribution in [0.25, 0.3) is 0 Å². The first-order valence-corrected chi connectivity index (χ1v) is 4.60. The summed E-state index contributed by atoms with van der Waals surface area (Å²) in [5, 5.41) is 18.6. The summed E-state index contributed by atoms with van der Waals surface area (Å²) in [5.74, 6) is -2.15. The minimum atomic E-state index is -1.08.